The minimum atomic E-state index is -1.57. The molecule has 0 radical (unpaired) electrons. The van der Waals surface area contributed by atoms with Gasteiger partial charge in [0.25, 0.3) is 0 Å². The van der Waals surface area contributed by atoms with Gasteiger partial charge in [-0.2, -0.15) is 0 Å². The zero-order valence-corrected chi connectivity index (χ0v) is 33.2. The summed E-state index contributed by atoms with van der Waals surface area (Å²) in [6.07, 6.45) is -6.68. The molecule has 57 heavy (non-hydrogen) atoms. The monoisotopic (exact) mass is 801 g/mol. The molecule has 0 aromatic heterocycles. The first-order chi connectivity index (χ1) is 26.9. The van der Waals surface area contributed by atoms with Gasteiger partial charge in [-0.3, -0.25) is 24.0 Å². The van der Waals surface area contributed by atoms with Crippen LogP contribution in [-0.2, 0) is 75.0 Å². The summed E-state index contributed by atoms with van der Waals surface area (Å²) in [7, 11) is 5.79. The van der Waals surface area contributed by atoms with Crippen LogP contribution in [0.5, 0.6) is 0 Å². The molecule has 7 atom stereocenters. The smallest absolute Gasteiger partial charge is 0.408 e. The van der Waals surface area contributed by atoms with Crippen LogP contribution in [-0.4, -0.2) is 137 Å². The van der Waals surface area contributed by atoms with E-state index in [4.69, 9.17) is 33.2 Å². The molecular formula is C39H53N4O14+. The zero-order chi connectivity index (χ0) is 42.1. The fourth-order valence-corrected chi connectivity index (χ4v) is 5.55. The van der Waals surface area contributed by atoms with Crippen molar-refractivity contribution >= 4 is 41.8 Å². The van der Waals surface area contributed by atoms with Crippen molar-refractivity contribution in [1.29, 1.82) is 0 Å². The van der Waals surface area contributed by atoms with E-state index in [1.807, 2.05) is 21.1 Å². The van der Waals surface area contributed by atoms with Crippen molar-refractivity contribution in [3.63, 3.8) is 0 Å². The molecule has 0 aliphatic carbocycles. The van der Waals surface area contributed by atoms with Crippen molar-refractivity contribution in [3.05, 3.63) is 71.8 Å². The number of alkyl carbamates (subject to hydrolysis) is 1. The molecule has 2 aromatic carbocycles. The number of ether oxygens (including phenoxy) is 7. The normalized spacial score (nSPS) is 20.1. The molecule has 18 heteroatoms. The number of carbonyl (C=O) groups excluding carboxylic acids is 7. The lowest BCUT2D eigenvalue weighted by molar-refractivity contribution is -0.870. The molecule has 3 amide bonds. The van der Waals surface area contributed by atoms with Gasteiger partial charge in [0.15, 0.2) is 18.5 Å². The van der Waals surface area contributed by atoms with Gasteiger partial charge in [-0.05, 0) is 11.1 Å². The van der Waals surface area contributed by atoms with Crippen molar-refractivity contribution in [2.24, 2.45) is 0 Å². The Bertz CT molecular complexity index is 1670. The number of quaternary nitrogens is 1. The molecule has 2 aromatic rings. The van der Waals surface area contributed by atoms with Crippen LogP contribution in [0.25, 0.3) is 0 Å². The van der Waals surface area contributed by atoms with E-state index in [1.165, 1.54) is 6.92 Å². The second kappa shape index (κ2) is 22.2. The number of benzene rings is 2. The number of nitrogens with one attached hydrogen (secondary N) is 3. The number of esters is 4. The van der Waals surface area contributed by atoms with Crippen molar-refractivity contribution in [2.75, 3.05) is 47.5 Å². The first kappa shape index (κ1) is 45.8. The van der Waals surface area contributed by atoms with Crippen LogP contribution >= 0.6 is 0 Å². The molecule has 312 valence electrons. The number of likely N-dealkylation sites (N-methyl/N-ethyl adjacent to an activating group) is 1. The third-order valence-electron chi connectivity index (χ3n) is 8.21. The Kier molecular flexibility index (Phi) is 17.9. The summed E-state index contributed by atoms with van der Waals surface area (Å²) in [5.74, 6) is -4.56. The summed E-state index contributed by atoms with van der Waals surface area (Å²) in [5.41, 5.74) is 1.37. The van der Waals surface area contributed by atoms with Crippen LogP contribution in [0.1, 0.15) is 38.8 Å². The molecule has 0 unspecified atom stereocenters. The van der Waals surface area contributed by atoms with Crippen molar-refractivity contribution in [2.45, 2.75) is 83.5 Å². The minimum absolute atomic E-state index is 0.0393. The van der Waals surface area contributed by atoms with Crippen molar-refractivity contribution in [3.8, 4) is 0 Å². The molecule has 3 rings (SSSR count). The highest BCUT2D eigenvalue weighted by Crippen LogP contribution is 2.28. The van der Waals surface area contributed by atoms with E-state index in [1.54, 1.807) is 60.7 Å². The maximum Gasteiger partial charge on any atom is 0.408 e. The van der Waals surface area contributed by atoms with E-state index in [-0.39, 0.29) is 19.6 Å². The highest BCUT2D eigenvalue weighted by Gasteiger charge is 2.51. The Morgan fingerprint density at radius 3 is 1.88 bits per heavy atom. The van der Waals surface area contributed by atoms with Gasteiger partial charge in [-0.15, -0.1) is 0 Å². The number of hydrogen-bond donors (Lipinski definition) is 3. The molecule has 0 bridgehead atoms. The van der Waals surface area contributed by atoms with E-state index in [9.17, 15) is 33.6 Å². The van der Waals surface area contributed by atoms with E-state index in [0.717, 1.165) is 20.8 Å². The Morgan fingerprint density at radius 1 is 0.719 bits per heavy atom. The Labute approximate surface area is 331 Å². The minimum Gasteiger partial charge on any atom is -0.463 e. The first-order valence-electron chi connectivity index (χ1n) is 18.2. The molecule has 1 aliphatic heterocycles. The molecule has 0 spiro atoms. The summed E-state index contributed by atoms with van der Waals surface area (Å²) >= 11 is 0. The number of nitrogens with zero attached hydrogens (tertiary/aromatic N) is 1. The van der Waals surface area contributed by atoms with Crippen LogP contribution in [0.3, 0.4) is 0 Å². The van der Waals surface area contributed by atoms with E-state index >= 15 is 0 Å². The third-order valence-corrected chi connectivity index (χ3v) is 8.21. The number of carbonyl (C=O) groups is 7. The van der Waals surface area contributed by atoms with Crippen LogP contribution in [0.15, 0.2) is 60.7 Å². The SMILES string of the molecule is CC(=O)N[C@H]1[C@H](OC[C@H](NC(=O)OCc2ccccc2)C(=O)N[C@@H](Cc2ccccc2)C(=O)OCC[N+](C)(C)C)O[C@H](COC(C)=O)[C@@H](OC(C)=O)[C@@H]1OC(C)=O. The van der Waals surface area contributed by atoms with Crippen molar-refractivity contribution in [1.82, 2.24) is 16.0 Å². The van der Waals surface area contributed by atoms with Crippen LogP contribution < -0.4 is 16.0 Å². The fraction of sp³-hybridized carbons (Fsp3) is 0.513. The standard InChI is InChI=1S/C39H52N4O14/c1-24(44)40-33-35(56-27(4)47)34(55-26(3)46)32(23-52-25(2)45)57-38(33)53-22-31(42-39(50)54-21-29-16-12-9-13-17-29)36(48)41-30(20-28-14-10-8-11-15-28)37(49)51-19-18-43(5,6)7/h8-17,30-35,38H,18-23H2,1-7H3,(H2-,40,41,42,44,48,50)/p+1/t30-,31-,32+,33+,34+,35+,38+/m0/s1. The maximum atomic E-state index is 14.1. The average Bonchev–Trinajstić information content (AvgIpc) is 3.13. The number of amides is 3. The Balaban J connectivity index is 1.95. The van der Waals surface area contributed by atoms with Gasteiger partial charge in [-0.25, -0.2) is 9.59 Å². The Morgan fingerprint density at radius 2 is 1.32 bits per heavy atom. The van der Waals surface area contributed by atoms with Gasteiger partial charge < -0.3 is 53.6 Å². The third kappa shape index (κ3) is 16.6. The number of hydrogen-bond acceptors (Lipinski definition) is 14. The average molecular weight is 802 g/mol. The van der Waals surface area contributed by atoms with E-state index in [0.29, 0.717) is 22.2 Å². The van der Waals surface area contributed by atoms with E-state index < -0.39 is 97.7 Å². The topological polar surface area (TPSA) is 220 Å². The summed E-state index contributed by atoms with van der Waals surface area (Å²) in [6, 6.07) is 13.5. The predicted molar refractivity (Wildman–Crippen MR) is 199 cm³/mol. The summed E-state index contributed by atoms with van der Waals surface area (Å²) in [6.45, 7) is 3.73. The lowest BCUT2D eigenvalue weighted by Crippen LogP contribution is -2.67. The lowest BCUT2D eigenvalue weighted by atomic mass is 9.96. The van der Waals surface area contributed by atoms with Crippen LogP contribution in [0, 0.1) is 0 Å². The summed E-state index contributed by atoms with van der Waals surface area (Å²) in [4.78, 5) is 89.3. The van der Waals surface area contributed by atoms with Crippen LogP contribution in [0.2, 0.25) is 0 Å². The summed E-state index contributed by atoms with van der Waals surface area (Å²) in [5, 5.41) is 7.70. The van der Waals surface area contributed by atoms with Gasteiger partial charge in [0, 0.05) is 34.1 Å². The fourth-order valence-electron chi connectivity index (χ4n) is 5.55. The number of rotatable bonds is 19. The molecule has 1 aliphatic rings. The van der Waals surface area contributed by atoms with Gasteiger partial charge in [0.05, 0.1) is 27.7 Å². The van der Waals surface area contributed by atoms with Crippen LogP contribution in [0.4, 0.5) is 4.79 Å². The quantitative estimate of drug-likeness (QED) is 0.102. The largest absolute Gasteiger partial charge is 0.463 e. The van der Waals surface area contributed by atoms with Gasteiger partial charge >= 0.3 is 30.0 Å². The summed E-state index contributed by atoms with van der Waals surface area (Å²) < 4.78 is 39.6. The van der Waals surface area contributed by atoms with Gasteiger partial charge in [0.1, 0.15) is 50.6 Å². The maximum absolute atomic E-state index is 14.1. The van der Waals surface area contributed by atoms with Gasteiger partial charge in [-0.1, -0.05) is 60.7 Å². The Hall–Kier alpha value is -5.59. The lowest BCUT2D eigenvalue weighted by Gasteiger charge is -2.45. The second-order valence-corrected chi connectivity index (χ2v) is 14.2. The zero-order valence-electron chi connectivity index (χ0n) is 33.2. The van der Waals surface area contributed by atoms with Crippen molar-refractivity contribution < 1.29 is 71.2 Å². The highest BCUT2D eigenvalue weighted by atomic mass is 16.7. The second-order valence-electron chi connectivity index (χ2n) is 14.2. The molecule has 3 N–H and O–H groups in total. The molecule has 18 nitrogen and oxygen atoms in total. The first-order valence-corrected chi connectivity index (χ1v) is 18.2. The molecule has 1 saturated heterocycles. The molecule has 0 saturated carbocycles. The molecule has 1 heterocycles. The van der Waals surface area contributed by atoms with E-state index in [2.05, 4.69) is 16.0 Å². The molecule has 1 fully saturated rings. The molecular weight excluding hydrogens is 748 g/mol. The highest BCUT2D eigenvalue weighted by molar-refractivity contribution is 5.90. The van der Waals surface area contributed by atoms with Gasteiger partial charge in [0.2, 0.25) is 11.8 Å². The predicted octanol–water partition coefficient (Wildman–Crippen LogP) is 0.931.